The molecule has 19 heavy (non-hydrogen) atoms. The number of ether oxygens (including phenoxy) is 1. The van der Waals surface area contributed by atoms with Gasteiger partial charge in [-0.15, -0.1) is 0 Å². The van der Waals surface area contributed by atoms with Crippen molar-refractivity contribution in [2.45, 2.75) is 46.6 Å². The Labute approximate surface area is 116 Å². The molecule has 0 saturated heterocycles. The number of nitrogens with one attached hydrogen (secondary N) is 1. The number of fused-ring (bicyclic) bond motifs is 1. The van der Waals surface area contributed by atoms with Crippen molar-refractivity contribution in [3.63, 3.8) is 0 Å². The van der Waals surface area contributed by atoms with E-state index >= 15 is 0 Å². The summed E-state index contributed by atoms with van der Waals surface area (Å²) in [4.78, 5) is 2.45. The third kappa shape index (κ3) is 4.03. The fourth-order valence-corrected chi connectivity index (χ4v) is 2.56. The Morgan fingerprint density at radius 1 is 1.21 bits per heavy atom. The Hall–Kier alpha value is -0.900. The van der Waals surface area contributed by atoms with Crippen LogP contribution in [0.2, 0.25) is 0 Å². The standard InChI is InChI=1S/C16H26N2O/c1-4-18(5-2)10-13(3)17-9-14-6-7-15-11-19-12-16(15)8-14/h6-8,13,17H,4-5,9-12H2,1-3H3. The highest BCUT2D eigenvalue weighted by Crippen LogP contribution is 2.20. The molecule has 1 aliphatic heterocycles. The molecule has 3 heteroatoms. The van der Waals surface area contributed by atoms with Gasteiger partial charge in [0.05, 0.1) is 13.2 Å². The molecule has 1 aromatic carbocycles. The van der Waals surface area contributed by atoms with Crippen molar-refractivity contribution in [3.05, 3.63) is 34.9 Å². The highest BCUT2D eigenvalue weighted by molar-refractivity contribution is 5.33. The zero-order chi connectivity index (χ0) is 13.7. The first-order chi connectivity index (χ1) is 9.22. The maximum Gasteiger partial charge on any atom is 0.0725 e. The molecule has 106 valence electrons. The molecule has 0 saturated carbocycles. The van der Waals surface area contributed by atoms with E-state index in [4.69, 9.17) is 4.74 Å². The van der Waals surface area contributed by atoms with Crippen molar-refractivity contribution in [1.82, 2.24) is 10.2 Å². The van der Waals surface area contributed by atoms with Gasteiger partial charge in [0, 0.05) is 19.1 Å². The van der Waals surface area contributed by atoms with Crippen LogP contribution in [0.15, 0.2) is 18.2 Å². The summed E-state index contributed by atoms with van der Waals surface area (Å²) in [6, 6.07) is 7.21. The van der Waals surface area contributed by atoms with Crippen molar-refractivity contribution in [2.24, 2.45) is 0 Å². The number of benzene rings is 1. The van der Waals surface area contributed by atoms with Crippen LogP contribution >= 0.6 is 0 Å². The Morgan fingerprint density at radius 2 is 1.95 bits per heavy atom. The topological polar surface area (TPSA) is 24.5 Å². The van der Waals surface area contributed by atoms with Gasteiger partial charge in [0.1, 0.15) is 0 Å². The molecule has 0 fully saturated rings. The van der Waals surface area contributed by atoms with E-state index in [-0.39, 0.29) is 0 Å². The molecule has 0 spiro atoms. The lowest BCUT2D eigenvalue weighted by atomic mass is 10.1. The van der Waals surface area contributed by atoms with Crippen LogP contribution in [-0.2, 0) is 24.5 Å². The van der Waals surface area contributed by atoms with Crippen LogP contribution in [-0.4, -0.2) is 30.6 Å². The Balaban J connectivity index is 1.81. The van der Waals surface area contributed by atoms with Crippen molar-refractivity contribution >= 4 is 0 Å². The predicted molar refractivity (Wildman–Crippen MR) is 79.0 cm³/mol. The zero-order valence-corrected chi connectivity index (χ0v) is 12.4. The summed E-state index contributed by atoms with van der Waals surface area (Å²) in [5, 5.41) is 3.61. The smallest absolute Gasteiger partial charge is 0.0725 e. The first-order valence-electron chi connectivity index (χ1n) is 7.37. The van der Waals surface area contributed by atoms with E-state index in [0.717, 1.165) is 39.4 Å². The molecule has 0 amide bonds. The lowest BCUT2D eigenvalue weighted by Crippen LogP contribution is -2.38. The van der Waals surface area contributed by atoms with E-state index in [1.807, 2.05) is 0 Å². The van der Waals surface area contributed by atoms with Gasteiger partial charge < -0.3 is 15.0 Å². The van der Waals surface area contributed by atoms with Gasteiger partial charge >= 0.3 is 0 Å². The Kier molecular flexibility index (Phi) is 5.37. The second kappa shape index (κ2) is 7.04. The molecule has 1 atom stereocenters. The first-order valence-corrected chi connectivity index (χ1v) is 7.37. The van der Waals surface area contributed by atoms with E-state index in [2.05, 4.69) is 49.2 Å². The second-order valence-electron chi connectivity index (χ2n) is 5.36. The molecule has 0 bridgehead atoms. The van der Waals surface area contributed by atoms with Gasteiger partial charge in [0.15, 0.2) is 0 Å². The lowest BCUT2D eigenvalue weighted by Gasteiger charge is -2.23. The summed E-state index contributed by atoms with van der Waals surface area (Å²) >= 11 is 0. The molecular formula is C16H26N2O. The molecule has 1 N–H and O–H groups in total. The second-order valence-corrected chi connectivity index (χ2v) is 5.36. The number of hydrogen-bond donors (Lipinski definition) is 1. The summed E-state index contributed by atoms with van der Waals surface area (Å²) in [6.45, 7) is 12.6. The average Bonchev–Trinajstić information content (AvgIpc) is 2.89. The molecule has 0 aliphatic carbocycles. The fraction of sp³-hybridized carbons (Fsp3) is 0.625. The van der Waals surface area contributed by atoms with Crippen LogP contribution in [0, 0.1) is 0 Å². The van der Waals surface area contributed by atoms with Crippen molar-refractivity contribution in [1.29, 1.82) is 0 Å². The minimum absolute atomic E-state index is 0.518. The molecule has 1 aromatic rings. The van der Waals surface area contributed by atoms with Crippen molar-refractivity contribution < 1.29 is 4.74 Å². The van der Waals surface area contributed by atoms with E-state index in [9.17, 15) is 0 Å². The molecule has 3 nitrogen and oxygen atoms in total. The molecule has 2 rings (SSSR count). The van der Waals surface area contributed by atoms with Crippen LogP contribution in [0.3, 0.4) is 0 Å². The minimum atomic E-state index is 0.518. The SMILES string of the molecule is CCN(CC)CC(C)NCc1ccc2c(c1)COC2. The van der Waals surface area contributed by atoms with E-state index in [1.165, 1.54) is 16.7 Å². The fourth-order valence-electron chi connectivity index (χ4n) is 2.56. The van der Waals surface area contributed by atoms with Gasteiger partial charge in [0.2, 0.25) is 0 Å². The Bertz CT molecular complexity index is 402. The minimum Gasteiger partial charge on any atom is -0.372 e. The average molecular weight is 262 g/mol. The van der Waals surface area contributed by atoms with Crippen LogP contribution in [0.5, 0.6) is 0 Å². The molecule has 1 heterocycles. The van der Waals surface area contributed by atoms with Gasteiger partial charge in [-0.25, -0.2) is 0 Å². The maximum atomic E-state index is 5.45. The van der Waals surface area contributed by atoms with Gasteiger partial charge in [-0.1, -0.05) is 32.0 Å². The number of rotatable bonds is 7. The Morgan fingerprint density at radius 3 is 2.68 bits per heavy atom. The van der Waals surface area contributed by atoms with Crippen LogP contribution in [0.4, 0.5) is 0 Å². The highest BCUT2D eigenvalue weighted by Gasteiger charge is 2.12. The molecular weight excluding hydrogens is 236 g/mol. The van der Waals surface area contributed by atoms with Gasteiger partial charge in [0.25, 0.3) is 0 Å². The number of nitrogens with zero attached hydrogens (tertiary/aromatic N) is 1. The highest BCUT2D eigenvalue weighted by atomic mass is 16.5. The van der Waals surface area contributed by atoms with Crippen LogP contribution in [0.25, 0.3) is 0 Å². The van der Waals surface area contributed by atoms with Gasteiger partial charge in [-0.05, 0) is 36.7 Å². The number of likely N-dealkylation sites (N-methyl/N-ethyl adjacent to an activating group) is 1. The summed E-state index contributed by atoms with van der Waals surface area (Å²) in [7, 11) is 0. The largest absolute Gasteiger partial charge is 0.372 e. The van der Waals surface area contributed by atoms with Crippen molar-refractivity contribution in [3.8, 4) is 0 Å². The normalized spacial score (nSPS) is 15.8. The summed E-state index contributed by atoms with van der Waals surface area (Å²) < 4.78 is 5.45. The first kappa shape index (κ1) is 14.5. The number of hydrogen-bond acceptors (Lipinski definition) is 3. The van der Waals surface area contributed by atoms with E-state index in [0.29, 0.717) is 6.04 Å². The lowest BCUT2D eigenvalue weighted by molar-refractivity contribution is 0.134. The molecule has 1 unspecified atom stereocenters. The van der Waals surface area contributed by atoms with Crippen LogP contribution in [0.1, 0.15) is 37.5 Å². The quantitative estimate of drug-likeness (QED) is 0.817. The zero-order valence-electron chi connectivity index (χ0n) is 12.4. The molecule has 1 aliphatic rings. The molecule has 0 aromatic heterocycles. The van der Waals surface area contributed by atoms with Crippen LogP contribution < -0.4 is 5.32 Å². The van der Waals surface area contributed by atoms with Gasteiger partial charge in [-0.3, -0.25) is 0 Å². The predicted octanol–water partition coefficient (Wildman–Crippen LogP) is 2.54. The van der Waals surface area contributed by atoms with Gasteiger partial charge in [-0.2, -0.15) is 0 Å². The third-order valence-electron chi connectivity index (χ3n) is 3.87. The maximum absolute atomic E-state index is 5.45. The monoisotopic (exact) mass is 262 g/mol. The third-order valence-corrected chi connectivity index (χ3v) is 3.87. The summed E-state index contributed by atoms with van der Waals surface area (Å²) in [6.07, 6.45) is 0. The summed E-state index contributed by atoms with van der Waals surface area (Å²) in [5.41, 5.74) is 4.06. The molecule has 0 radical (unpaired) electrons. The van der Waals surface area contributed by atoms with Crippen molar-refractivity contribution in [2.75, 3.05) is 19.6 Å². The van der Waals surface area contributed by atoms with E-state index in [1.54, 1.807) is 0 Å². The summed E-state index contributed by atoms with van der Waals surface area (Å²) in [5.74, 6) is 0. The van der Waals surface area contributed by atoms with E-state index < -0.39 is 0 Å².